The second-order valence-corrected chi connectivity index (χ2v) is 4.29. The van der Waals surface area contributed by atoms with Gasteiger partial charge in [-0.05, 0) is 25.5 Å². The van der Waals surface area contributed by atoms with Gasteiger partial charge in [0.15, 0.2) is 0 Å². The molecule has 2 N–H and O–H groups in total. The molecule has 1 aromatic carbocycles. The number of benzene rings is 1. The van der Waals surface area contributed by atoms with Gasteiger partial charge in [-0.2, -0.15) is 0 Å². The van der Waals surface area contributed by atoms with E-state index in [0.717, 1.165) is 6.42 Å². The van der Waals surface area contributed by atoms with Crippen LogP contribution >= 0.6 is 0 Å². The van der Waals surface area contributed by atoms with Gasteiger partial charge in [-0.1, -0.05) is 6.92 Å². The van der Waals surface area contributed by atoms with Crippen LogP contribution in [0.25, 0.3) is 0 Å². The molecule has 7 nitrogen and oxygen atoms in total. The van der Waals surface area contributed by atoms with Crippen molar-refractivity contribution in [1.29, 1.82) is 0 Å². The van der Waals surface area contributed by atoms with Gasteiger partial charge in [0.25, 0.3) is 11.6 Å². The molecular weight excluding hydrogens is 262 g/mol. The highest BCUT2D eigenvalue weighted by Gasteiger charge is 2.16. The lowest BCUT2D eigenvalue weighted by Crippen LogP contribution is -2.44. The maximum Gasteiger partial charge on any atom is 0.269 e. The highest BCUT2D eigenvalue weighted by atomic mass is 16.6. The quantitative estimate of drug-likeness (QED) is 0.604. The average molecular weight is 279 g/mol. The fraction of sp³-hybridized carbons (Fsp3) is 0.385. The van der Waals surface area contributed by atoms with Gasteiger partial charge < -0.3 is 10.6 Å². The second kappa shape index (κ2) is 7.22. The van der Waals surface area contributed by atoms with Gasteiger partial charge in [-0.25, -0.2) is 0 Å². The molecule has 0 aliphatic carbocycles. The van der Waals surface area contributed by atoms with E-state index < -0.39 is 16.9 Å². The van der Waals surface area contributed by atoms with Crippen LogP contribution in [0, 0.1) is 10.1 Å². The number of nitro benzene ring substituents is 1. The van der Waals surface area contributed by atoms with E-state index in [4.69, 9.17) is 0 Å². The Hall–Kier alpha value is -2.44. The summed E-state index contributed by atoms with van der Waals surface area (Å²) in [6, 6.07) is 4.53. The molecule has 108 valence electrons. The molecule has 0 aliphatic heterocycles. The molecule has 0 aliphatic rings. The van der Waals surface area contributed by atoms with Gasteiger partial charge in [0, 0.05) is 24.2 Å². The number of hydrogen-bond donors (Lipinski definition) is 2. The molecule has 0 fully saturated rings. The van der Waals surface area contributed by atoms with Crippen LogP contribution in [-0.4, -0.2) is 29.3 Å². The zero-order valence-electron chi connectivity index (χ0n) is 11.4. The largest absolute Gasteiger partial charge is 0.354 e. The first kappa shape index (κ1) is 15.6. The van der Waals surface area contributed by atoms with E-state index in [-0.39, 0.29) is 17.2 Å². The predicted octanol–water partition coefficient (Wildman–Crippen LogP) is 1.24. The molecule has 2 amide bonds. The number of amides is 2. The molecule has 20 heavy (non-hydrogen) atoms. The maximum atomic E-state index is 11.9. The summed E-state index contributed by atoms with van der Waals surface area (Å²) in [5, 5.41) is 15.7. The Morgan fingerprint density at radius 1 is 1.30 bits per heavy atom. The number of non-ortho nitro benzene ring substituents is 1. The lowest BCUT2D eigenvalue weighted by atomic mass is 10.2. The van der Waals surface area contributed by atoms with Crippen LogP contribution in [0.4, 0.5) is 5.69 Å². The second-order valence-electron chi connectivity index (χ2n) is 4.29. The summed E-state index contributed by atoms with van der Waals surface area (Å²) < 4.78 is 0. The first-order valence-electron chi connectivity index (χ1n) is 6.28. The summed E-state index contributed by atoms with van der Waals surface area (Å²) in [5.74, 6) is -0.707. The number of nitro groups is 1. The van der Waals surface area contributed by atoms with E-state index in [1.807, 2.05) is 6.92 Å². The summed E-state index contributed by atoms with van der Waals surface area (Å²) in [6.07, 6.45) is 0.814. The van der Waals surface area contributed by atoms with Gasteiger partial charge in [-0.15, -0.1) is 0 Å². The normalized spacial score (nSPS) is 11.5. The summed E-state index contributed by atoms with van der Waals surface area (Å²) in [4.78, 5) is 33.4. The lowest BCUT2D eigenvalue weighted by Gasteiger charge is -2.13. The van der Waals surface area contributed by atoms with Crippen LogP contribution in [0.3, 0.4) is 0 Å². The molecule has 7 heteroatoms. The van der Waals surface area contributed by atoms with Crippen LogP contribution in [0.5, 0.6) is 0 Å². The summed E-state index contributed by atoms with van der Waals surface area (Å²) >= 11 is 0. The fourth-order valence-electron chi connectivity index (χ4n) is 1.48. The highest BCUT2D eigenvalue weighted by Crippen LogP contribution is 2.11. The molecule has 0 spiro atoms. The smallest absolute Gasteiger partial charge is 0.269 e. The Balaban J connectivity index is 2.62. The molecule has 1 rings (SSSR count). The minimum absolute atomic E-state index is 0.0877. The van der Waals surface area contributed by atoms with Crippen molar-refractivity contribution < 1.29 is 14.5 Å². The number of carbonyl (C=O) groups excluding carboxylic acids is 2. The molecule has 0 heterocycles. The molecule has 0 aromatic heterocycles. The van der Waals surface area contributed by atoms with Gasteiger partial charge in [0.2, 0.25) is 5.91 Å². The Bertz CT molecular complexity index is 499. The van der Waals surface area contributed by atoms with Crippen molar-refractivity contribution in [1.82, 2.24) is 10.6 Å². The molecule has 0 bridgehead atoms. The van der Waals surface area contributed by atoms with E-state index in [1.165, 1.54) is 24.3 Å². The topological polar surface area (TPSA) is 101 Å². The Labute approximate surface area is 116 Å². The van der Waals surface area contributed by atoms with Crippen molar-refractivity contribution in [3.05, 3.63) is 39.9 Å². The number of rotatable bonds is 6. The Morgan fingerprint density at radius 3 is 2.40 bits per heavy atom. The first-order valence-corrected chi connectivity index (χ1v) is 6.28. The van der Waals surface area contributed by atoms with Gasteiger partial charge in [0.1, 0.15) is 6.04 Å². The van der Waals surface area contributed by atoms with Crippen molar-refractivity contribution in [2.75, 3.05) is 6.54 Å². The van der Waals surface area contributed by atoms with E-state index in [2.05, 4.69) is 10.6 Å². The summed E-state index contributed by atoms with van der Waals surface area (Å²) in [7, 11) is 0. The van der Waals surface area contributed by atoms with Gasteiger partial charge in [0.05, 0.1) is 4.92 Å². The van der Waals surface area contributed by atoms with Crippen molar-refractivity contribution >= 4 is 17.5 Å². The SMILES string of the molecule is CCCNC(=O)[C@@H](C)NC(=O)c1ccc([N+](=O)[O-])cc1. The van der Waals surface area contributed by atoms with E-state index in [0.29, 0.717) is 6.54 Å². The molecular formula is C13H17N3O4. The third-order valence-electron chi connectivity index (χ3n) is 2.63. The van der Waals surface area contributed by atoms with Gasteiger partial charge in [-0.3, -0.25) is 19.7 Å². The first-order chi connectivity index (χ1) is 9.45. The summed E-state index contributed by atoms with van der Waals surface area (Å²) in [5.41, 5.74) is 0.182. The maximum absolute atomic E-state index is 11.9. The zero-order chi connectivity index (χ0) is 15.1. The third kappa shape index (κ3) is 4.34. The highest BCUT2D eigenvalue weighted by molar-refractivity contribution is 5.97. The van der Waals surface area contributed by atoms with Crippen molar-refractivity contribution in [2.24, 2.45) is 0 Å². The van der Waals surface area contributed by atoms with E-state index in [1.54, 1.807) is 6.92 Å². The van der Waals surface area contributed by atoms with Crippen molar-refractivity contribution in [3.8, 4) is 0 Å². The molecule has 0 unspecified atom stereocenters. The average Bonchev–Trinajstić information content (AvgIpc) is 2.44. The lowest BCUT2D eigenvalue weighted by molar-refractivity contribution is -0.384. The fourth-order valence-corrected chi connectivity index (χ4v) is 1.48. The number of nitrogens with zero attached hydrogens (tertiary/aromatic N) is 1. The number of hydrogen-bond acceptors (Lipinski definition) is 4. The Kier molecular flexibility index (Phi) is 5.64. The third-order valence-corrected chi connectivity index (χ3v) is 2.63. The molecule has 1 atom stereocenters. The monoisotopic (exact) mass is 279 g/mol. The van der Waals surface area contributed by atoms with Crippen LogP contribution in [0.2, 0.25) is 0 Å². The van der Waals surface area contributed by atoms with Crippen LogP contribution < -0.4 is 10.6 Å². The molecule has 0 saturated heterocycles. The van der Waals surface area contributed by atoms with Crippen molar-refractivity contribution in [3.63, 3.8) is 0 Å². The van der Waals surface area contributed by atoms with Crippen LogP contribution in [0.15, 0.2) is 24.3 Å². The minimum Gasteiger partial charge on any atom is -0.354 e. The molecule has 1 aromatic rings. The molecule has 0 saturated carbocycles. The standard InChI is InChI=1S/C13H17N3O4/c1-3-8-14-12(17)9(2)15-13(18)10-4-6-11(7-5-10)16(19)20/h4-7,9H,3,8H2,1-2H3,(H,14,17)(H,15,18)/t9-/m1/s1. The Morgan fingerprint density at radius 2 is 1.90 bits per heavy atom. The number of nitrogens with one attached hydrogen (secondary N) is 2. The zero-order valence-corrected chi connectivity index (χ0v) is 11.4. The number of carbonyl (C=O) groups is 2. The minimum atomic E-state index is -0.663. The van der Waals surface area contributed by atoms with E-state index >= 15 is 0 Å². The van der Waals surface area contributed by atoms with Crippen LogP contribution in [-0.2, 0) is 4.79 Å². The molecule has 0 radical (unpaired) electrons. The van der Waals surface area contributed by atoms with Crippen LogP contribution in [0.1, 0.15) is 30.6 Å². The van der Waals surface area contributed by atoms with Gasteiger partial charge >= 0.3 is 0 Å². The van der Waals surface area contributed by atoms with Crippen molar-refractivity contribution in [2.45, 2.75) is 26.3 Å². The summed E-state index contributed by atoms with van der Waals surface area (Å²) in [6.45, 7) is 4.06. The predicted molar refractivity (Wildman–Crippen MR) is 73.3 cm³/mol. The van der Waals surface area contributed by atoms with E-state index in [9.17, 15) is 19.7 Å².